The topological polar surface area (TPSA) is 32.5 Å². The fourth-order valence-corrected chi connectivity index (χ4v) is 2.73. The number of benzene rings is 1. The van der Waals surface area contributed by atoms with E-state index in [1.165, 1.54) is 31.5 Å². The van der Waals surface area contributed by atoms with Gasteiger partial charge in [0.1, 0.15) is 0 Å². The van der Waals surface area contributed by atoms with Gasteiger partial charge in [0.2, 0.25) is 0 Å². The van der Waals surface area contributed by atoms with E-state index in [2.05, 4.69) is 36.0 Å². The van der Waals surface area contributed by atoms with E-state index in [-0.39, 0.29) is 0 Å². The molecule has 1 saturated heterocycles. The minimum Gasteiger partial charge on any atom is -0.399 e. The molecule has 100 valence electrons. The van der Waals surface area contributed by atoms with Gasteiger partial charge in [0.05, 0.1) is 0 Å². The summed E-state index contributed by atoms with van der Waals surface area (Å²) in [6, 6.07) is 8.92. The summed E-state index contributed by atoms with van der Waals surface area (Å²) in [7, 11) is 4.45. The number of hydrogen-bond donors (Lipinski definition) is 1. The molecule has 2 rings (SSSR count). The van der Waals surface area contributed by atoms with Crippen LogP contribution in [0.1, 0.15) is 18.4 Å². The summed E-state index contributed by atoms with van der Waals surface area (Å²) >= 11 is 0. The first kappa shape index (κ1) is 13.4. The lowest BCUT2D eigenvalue weighted by Gasteiger charge is -2.25. The third-order valence-electron chi connectivity index (χ3n) is 4.01. The number of nitrogen functional groups attached to an aromatic ring is 1. The zero-order valence-electron chi connectivity index (χ0n) is 11.6. The summed E-state index contributed by atoms with van der Waals surface area (Å²) in [4.78, 5) is 4.91. The molecule has 2 N–H and O–H groups in total. The maximum atomic E-state index is 5.97. The van der Waals surface area contributed by atoms with E-state index in [0.29, 0.717) is 0 Å². The summed E-state index contributed by atoms with van der Waals surface area (Å²) in [6.07, 6.45) is 3.73. The Morgan fingerprint density at radius 2 is 2.17 bits per heavy atom. The van der Waals surface area contributed by atoms with Gasteiger partial charge >= 0.3 is 0 Å². The van der Waals surface area contributed by atoms with Crippen molar-refractivity contribution in [1.82, 2.24) is 9.80 Å². The second-order valence-corrected chi connectivity index (χ2v) is 5.49. The molecule has 1 unspecified atom stereocenters. The Balaban J connectivity index is 1.78. The Hall–Kier alpha value is -1.06. The van der Waals surface area contributed by atoms with E-state index in [1.54, 1.807) is 0 Å². The van der Waals surface area contributed by atoms with E-state index in [1.807, 2.05) is 12.1 Å². The van der Waals surface area contributed by atoms with Gasteiger partial charge in [0, 0.05) is 24.8 Å². The maximum Gasteiger partial charge on any atom is 0.0347 e. The standard InChI is InChI=1S/C15H25N3/c1-17(12-14-7-5-10-18(14)2)11-9-13-6-3-4-8-15(13)16/h3-4,6,8,14H,5,7,9-12,16H2,1-2H3. The first-order chi connectivity index (χ1) is 8.66. The predicted molar refractivity (Wildman–Crippen MR) is 77.7 cm³/mol. The number of para-hydroxylation sites is 1. The van der Waals surface area contributed by atoms with Gasteiger partial charge in [-0.15, -0.1) is 0 Å². The van der Waals surface area contributed by atoms with Crippen LogP contribution in [0.15, 0.2) is 24.3 Å². The van der Waals surface area contributed by atoms with E-state index < -0.39 is 0 Å². The molecule has 0 saturated carbocycles. The normalized spacial score (nSPS) is 20.7. The number of rotatable bonds is 5. The second kappa shape index (κ2) is 6.21. The molecule has 0 aromatic heterocycles. The Bertz CT molecular complexity index is 378. The molecule has 0 spiro atoms. The van der Waals surface area contributed by atoms with Crippen molar-refractivity contribution in [1.29, 1.82) is 0 Å². The Kier molecular flexibility index (Phi) is 4.61. The molecular formula is C15H25N3. The highest BCUT2D eigenvalue weighted by atomic mass is 15.2. The zero-order valence-corrected chi connectivity index (χ0v) is 11.6. The van der Waals surface area contributed by atoms with Crippen LogP contribution in [0, 0.1) is 0 Å². The number of anilines is 1. The van der Waals surface area contributed by atoms with Gasteiger partial charge < -0.3 is 15.5 Å². The molecule has 1 heterocycles. The van der Waals surface area contributed by atoms with Crippen LogP contribution in [0.25, 0.3) is 0 Å². The molecule has 18 heavy (non-hydrogen) atoms. The first-order valence-electron chi connectivity index (χ1n) is 6.89. The lowest BCUT2D eigenvalue weighted by Crippen LogP contribution is -2.37. The fraction of sp³-hybridized carbons (Fsp3) is 0.600. The van der Waals surface area contributed by atoms with Gasteiger partial charge in [-0.3, -0.25) is 0 Å². The van der Waals surface area contributed by atoms with Crippen molar-refractivity contribution in [2.45, 2.75) is 25.3 Å². The van der Waals surface area contributed by atoms with Gasteiger partial charge in [-0.1, -0.05) is 18.2 Å². The molecule has 0 aliphatic carbocycles. The molecule has 1 atom stereocenters. The molecule has 3 heteroatoms. The quantitative estimate of drug-likeness (QED) is 0.806. The molecule has 1 aromatic carbocycles. The van der Waals surface area contributed by atoms with Crippen molar-refractivity contribution >= 4 is 5.69 Å². The predicted octanol–water partition coefficient (Wildman–Crippen LogP) is 1.84. The maximum absolute atomic E-state index is 5.97. The fourth-order valence-electron chi connectivity index (χ4n) is 2.73. The molecule has 0 radical (unpaired) electrons. The van der Waals surface area contributed by atoms with Gasteiger partial charge in [-0.25, -0.2) is 0 Å². The third-order valence-corrected chi connectivity index (χ3v) is 4.01. The largest absolute Gasteiger partial charge is 0.399 e. The molecule has 1 aliphatic heterocycles. The Morgan fingerprint density at radius 1 is 1.39 bits per heavy atom. The average Bonchev–Trinajstić information content (AvgIpc) is 2.74. The number of nitrogens with two attached hydrogens (primary N) is 1. The average molecular weight is 247 g/mol. The van der Waals surface area contributed by atoms with Crippen LogP contribution in [-0.4, -0.2) is 49.6 Å². The van der Waals surface area contributed by atoms with Crippen LogP contribution in [0.3, 0.4) is 0 Å². The molecule has 0 bridgehead atoms. The zero-order chi connectivity index (χ0) is 13.0. The SMILES string of the molecule is CN(CCc1ccccc1N)CC1CCCN1C. The summed E-state index contributed by atoms with van der Waals surface area (Å²) in [5, 5.41) is 0. The second-order valence-electron chi connectivity index (χ2n) is 5.49. The van der Waals surface area contributed by atoms with Gasteiger partial charge in [-0.05, 0) is 51.5 Å². The molecular weight excluding hydrogens is 222 g/mol. The van der Waals surface area contributed by atoms with Crippen molar-refractivity contribution < 1.29 is 0 Å². The van der Waals surface area contributed by atoms with Gasteiger partial charge in [-0.2, -0.15) is 0 Å². The van der Waals surface area contributed by atoms with E-state index in [4.69, 9.17) is 5.73 Å². The summed E-state index contributed by atoms with van der Waals surface area (Å²) in [6.45, 7) is 3.51. The summed E-state index contributed by atoms with van der Waals surface area (Å²) in [5.74, 6) is 0. The highest BCUT2D eigenvalue weighted by Crippen LogP contribution is 2.16. The van der Waals surface area contributed by atoms with Crippen molar-refractivity contribution in [3.05, 3.63) is 29.8 Å². The number of hydrogen-bond acceptors (Lipinski definition) is 3. The Labute approximate surface area is 111 Å². The van der Waals surface area contributed by atoms with Crippen molar-refractivity contribution in [2.24, 2.45) is 0 Å². The van der Waals surface area contributed by atoms with Gasteiger partial charge in [0.15, 0.2) is 0 Å². The number of likely N-dealkylation sites (N-methyl/N-ethyl adjacent to an activating group) is 2. The van der Waals surface area contributed by atoms with Crippen LogP contribution >= 0.6 is 0 Å². The molecule has 1 aromatic rings. The minimum atomic E-state index is 0.739. The van der Waals surface area contributed by atoms with Crippen LogP contribution in [0.4, 0.5) is 5.69 Å². The lowest BCUT2D eigenvalue weighted by molar-refractivity contribution is 0.221. The van der Waals surface area contributed by atoms with Crippen molar-refractivity contribution in [3.63, 3.8) is 0 Å². The van der Waals surface area contributed by atoms with Crippen molar-refractivity contribution in [3.8, 4) is 0 Å². The van der Waals surface area contributed by atoms with E-state index in [9.17, 15) is 0 Å². The minimum absolute atomic E-state index is 0.739. The van der Waals surface area contributed by atoms with E-state index in [0.717, 1.165) is 24.7 Å². The third kappa shape index (κ3) is 3.47. The highest BCUT2D eigenvalue weighted by molar-refractivity contribution is 5.46. The first-order valence-corrected chi connectivity index (χ1v) is 6.89. The van der Waals surface area contributed by atoms with Crippen LogP contribution in [0.2, 0.25) is 0 Å². The molecule has 0 amide bonds. The van der Waals surface area contributed by atoms with Gasteiger partial charge in [0.25, 0.3) is 0 Å². The summed E-state index contributed by atoms with van der Waals surface area (Å²) in [5.41, 5.74) is 8.15. The highest BCUT2D eigenvalue weighted by Gasteiger charge is 2.21. The lowest BCUT2D eigenvalue weighted by atomic mass is 10.1. The van der Waals surface area contributed by atoms with Crippen molar-refractivity contribution in [2.75, 3.05) is 39.5 Å². The number of likely N-dealkylation sites (tertiary alicyclic amines) is 1. The Morgan fingerprint density at radius 3 is 2.83 bits per heavy atom. The smallest absolute Gasteiger partial charge is 0.0347 e. The van der Waals surface area contributed by atoms with Crippen LogP contribution in [0.5, 0.6) is 0 Å². The number of nitrogens with zero attached hydrogens (tertiary/aromatic N) is 2. The van der Waals surface area contributed by atoms with E-state index >= 15 is 0 Å². The van der Waals surface area contributed by atoms with Crippen LogP contribution in [-0.2, 0) is 6.42 Å². The van der Waals surface area contributed by atoms with Crippen LogP contribution < -0.4 is 5.73 Å². The summed E-state index contributed by atoms with van der Waals surface area (Å²) < 4.78 is 0. The molecule has 3 nitrogen and oxygen atoms in total. The molecule has 1 fully saturated rings. The molecule has 1 aliphatic rings. The monoisotopic (exact) mass is 247 g/mol.